The van der Waals surface area contributed by atoms with Gasteiger partial charge in [0.25, 0.3) is 0 Å². The molecule has 0 radical (unpaired) electrons. The number of oxazole rings is 1. The normalized spacial score (nSPS) is 12.4. The van der Waals surface area contributed by atoms with Crippen LogP contribution in [0.25, 0.3) is 0 Å². The Morgan fingerprint density at radius 2 is 2.19 bits per heavy atom. The standard InChI is InChI=1S/C12H23N3O/c1-5-15(8-12(3,4)7-13)6-11-10(2)16-9-14-11/h9H,5-8,13H2,1-4H3. The number of aromatic nitrogens is 1. The van der Waals surface area contributed by atoms with Crippen LogP contribution in [0.4, 0.5) is 0 Å². The third-order valence-electron chi connectivity index (χ3n) is 2.87. The fourth-order valence-electron chi connectivity index (χ4n) is 1.64. The van der Waals surface area contributed by atoms with E-state index in [4.69, 9.17) is 10.2 Å². The molecule has 16 heavy (non-hydrogen) atoms. The smallest absolute Gasteiger partial charge is 0.181 e. The number of aryl methyl sites for hydroxylation is 1. The molecule has 1 aromatic rings. The second-order valence-electron chi connectivity index (χ2n) is 5.03. The highest BCUT2D eigenvalue weighted by molar-refractivity contribution is 5.04. The average Bonchev–Trinajstić information content (AvgIpc) is 2.63. The molecule has 4 nitrogen and oxygen atoms in total. The lowest BCUT2D eigenvalue weighted by Gasteiger charge is -2.30. The Morgan fingerprint density at radius 1 is 1.50 bits per heavy atom. The molecule has 2 N–H and O–H groups in total. The Hall–Kier alpha value is -0.870. The molecule has 0 bridgehead atoms. The zero-order chi connectivity index (χ0) is 12.2. The molecule has 92 valence electrons. The molecule has 0 atom stereocenters. The zero-order valence-electron chi connectivity index (χ0n) is 10.8. The van der Waals surface area contributed by atoms with Gasteiger partial charge in [0.1, 0.15) is 5.76 Å². The highest BCUT2D eigenvalue weighted by atomic mass is 16.3. The van der Waals surface area contributed by atoms with Crippen LogP contribution in [0.1, 0.15) is 32.2 Å². The Kier molecular flexibility index (Phi) is 4.50. The molecule has 0 aromatic carbocycles. The van der Waals surface area contributed by atoms with Gasteiger partial charge in [-0.15, -0.1) is 0 Å². The van der Waals surface area contributed by atoms with Crippen LogP contribution in [0.5, 0.6) is 0 Å². The monoisotopic (exact) mass is 225 g/mol. The molecule has 0 unspecified atom stereocenters. The maximum Gasteiger partial charge on any atom is 0.181 e. The topological polar surface area (TPSA) is 55.3 Å². The largest absolute Gasteiger partial charge is 0.448 e. The van der Waals surface area contributed by atoms with Gasteiger partial charge in [0.05, 0.1) is 5.69 Å². The second kappa shape index (κ2) is 5.46. The van der Waals surface area contributed by atoms with Crippen molar-refractivity contribution in [3.63, 3.8) is 0 Å². The van der Waals surface area contributed by atoms with Gasteiger partial charge in [-0.25, -0.2) is 4.98 Å². The quantitative estimate of drug-likeness (QED) is 0.802. The molecular weight excluding hydrogens is 202 g/mol. The molecular formula is C12H23N3O. The van der Waals surface area contributed by atoms with Gasteiger partial charge >= 0.3 is 0 Å². The first kappa shape index (κ1) is 13.2. The van der Waals surface area contributed by atoms with Crippen molar-refractivity contribution in [2.24, 2.45) is 11.1 Å². The maximum absolute atomic E-state index is 5.75. The summed E-state index contributed by atoms with van der Waals surface area (Å²) in [6.07, 6.45) is 1.51. The molecule has 0 saturated carbocycles. The minimum atomic E-state index is 0.146. The van der Waals surface area contributed by atoms with Crippen LogP contribution in [0.2, 0.25) is 0 Å². The lowest BCUT2D eigenvalue weighted by molar-refractivity contribution is 0.181. The van der Waals surface area contributed by atoms with Gasteiger partial charge in [0, 0.05) is 13.1 Å². The van der Waals surface area contributed by atoms with Crippen molar-refractivity contribution in [1.82, 2.24) is 9.88 Å². The van der Waals surface area contributed by atoms with Gasteiger partial charge in [-0.05, 0) is 25.4 Å². The predicted octanol–water partition coefficient (Wildman–Crippen LogP) is 1.79. The summed E-state index contributed by atoms with van der Waals surface area (Å²) in [5.41, 5.74) is 6.92. The molecule has 0 amide bonds. The van der Waals surface area contributed by atoms with Crippen LogP contribution in [-0.4, -0.2) is 29.5 Å². The summed E-state index contributed by atoms with van der Waals surface area (Å²) >= 11 is 0. The number of rotatable bonds is 6. The summed E-state index contributed by atoms with van der Waals surface area (Å²) < 4.78 is 5.20. The van der Waals surface area contributed by atoms with Crippen molar-refractivity contribution in [3.05, 3.63) is 17.8 Å². The van der Waals surface area contributed by atoms with E-state index in [1.165, 1.54) is 6.39 Å². The Balaban J connectivity index is 2.59. The molecule has 1 heterocycles. The fraction of sp³-hybridized carbons (Fsp3) is 0.750. The molecule has 4 heteroatoms. The molecule has 1 rings (SSSR count). The Labute approximate surface area is 97.8 Å². The van der Waals surface area contributed by atoms with Crippen molar-refractivity contribution < 1.29 is 4.42 Å². The minimum absolute atomic E-state index is 0.146. The highest BCUT2D eigenvalue weighted by Gasteiger charge is 2.20. The third-order valence-corrected chi connectivity index (χ3v) is 2.87. The second-order valence-corrected chi connectivity index (χ2v) is 5.03. The van der Waals surface area contributed by atoms with E-state index in [1.54, 1.807) is 0 Å². The first-order valence-corrected chi connectivity index (χ1v) is 5.80. The van der Waals surface area contributed by atoms with Crippen LogP contribution in [-0.2, 0) is 6.54 Å². The molecule has 0 spiro atoms. The Bertz CT molecular complexity index is 320. The molecule has 0 aliphatic rings. The van der Waals surface area contributed by atoms with Gasteiger partial charge in [-0.1, -0.05) is 20.8 Å². The van der Waals surface area contributed by atoms with Crippen molar-refractivity contribution >= 4 is 0 Å². The number of nitrogens with zero attached hydrogens (tertiary/aromatic N) is 2. The van der Waals surface area contributed by atoms with Gasteiger partial charge in [-0.2, -0.15) is 0 Å². The summed E-state index contributed by atoms with van der Waals surface area (Å²) in [5, 5.41) is 0. The van der Waals surface area contributed by atoms with Gasteiger partial charge < -0.3 is 10.2 Å². The molecule has 0 fully saturated rings. The van der Waals surface area contributed by atoms with Crippen LogP contribution in [0.15, 0.2) is 10.8 Å². The number of hydrogen-bond donors (Lipinski definition) is 1. The first-order chi connectivity index (χ1) is 7.48. The van der Waals surface area contributed by atoms with E-state index < -0.39 is 0 Å². The van der Waals surface area contributed by atoms with Crippen molar-refractivity contribution in [2.75, 3.05) is 19.6 Å². The van der Waals surface area contributed by atoms with Crippen molar-refractivity contribution in [2.45, 2.75) is 34.2 Å². The van der Waals surface area contributed by atoms with Crippen LogP contribution in [0.3, 0.4) is 0 Å². The van der Waals surface area contributed by atoms with E-state index in [0.29, 0.717) is 6.54 Å². The number of hydrogen-bond acceptors (Lipinski definition) is 4. The fourth-order valence-corrected chi connectivity index (χ4v) is 1.64. The predicted molar refractivity (Wildman–Crippen MR) is 65.0 cm³/mol. The van der Waals surface area contributed by atoms with Crippen molar-refractivity contribution in [1.29, 1.82) is 0 Å². The van der Waals surface area contributed by atoms with Gasteiger partial charge in [0.2, 0.25) is 0 Å². The Morgan fingerprint density at radius 3 is 2.62 bits per heavy atom. The summed E-state index contributed by atoms with van der Waals surface area (Å²) in [4.78, 5) is 6.56. The zero-order valence-corrected chi connectivity index (χ0v) is 10.8. The van der Waals surface area contributed by atoms with E-state index >= 15 is 0 Å². The van der Waals surface area contributed by atoms with Crippen molar-refractivity contribution in [3.8, 4) is 0 Å². The van der Waals surface area contributed by atoms with E-state index in [0.717, 1.165) is 31.1 Å². The third kappa shape index (κ3) is 3.61. The van der Waals surface area contributed by atoms with E-state index in [9.17, 15) is 0 Å². The van der Waals surface area contributed by atoms with Crippen LogP contribution in [0, 0.1) is 12.3 Å². The van der Waals surface area contributed by atoms with E-state index in [1.807, 2.05) is 6.92 Å². The summed E-state index contributed by atoms with van der Waals surface area (Å²) in [7, 11) is 0. The molecule has 0 saturated heterocycles. The minimum Gasteiger partial charge on any atom is -0.448 e. The summed E-state index contributed by atoms with van der Waals surface area (Å²) in [6.45, 7) is 12.0. The molecule has 0 aliphatic heterocycles. The summed E-state index contributed by atoms with van der Waals surface area (Å²) in [5.74, 6) is 0.906. The SMILES string of the molecule is CCN(Cc1ncoc1C)CC(C)(C)CN. The highest BCUT2D eigenvalue weighted by Crippen LogP contribution is 2.17. The maximum atomic E-state index is 5.75. The number of nitrogens with two attached hydrogens (primary N) is 1. The summed E-state index contributed by atoms with van der Waals surface area (Å²) in [6, 6.07) is 0. The lowest BCUT2D eigenvalue weighted by atomic mass is 9.93. The molecule has 0 aliphatic carbocycles. The lowest BCUT2D eigenvalue weighted by Crippen LogP contribution is -2.38. The van der Waals surface area contributed by atoms with E-state index in [2.05, 4.69) is 30.7 Å². The van der Waals surface area contributed by atoms with Crippen LogP contribution < -0.4 is 5.73 Å². The molecule has 1 aromatic heterocycles. The first-order valence-electron chi connectivity index (χ1n) is 5.80. The van der Waals surface area contributed by atoms with E-state index in [-0.39, 0.29) is 5.41 Å². The average molecular weight is 225 g/mol. The van der Waals surface area contributed by atoms with Gasteiger partial charge in [-0.3, -0.25) is 4.90 Å². The van der Waals surface area contributed by atoms with Crippen LogP contribution >= 0.6 is 0 Å². The van der Waals surface area contributed by atoms with Gasteiger partial charge in [0.15, 0.2) is 6.39 Å².